The number of halogens is 2. The number of nitrogens with one attached hydrogen (secondary N) is 1. The topological polar surface area (TPSA) is 17.0 Å². The van der Waals surface area contributed by atoms with Gasteiger partial charge in [-0.05, 0) is 28.8 Å². The fourth-order valence-electron chi connectivity index (χ4n) is 3.39. The third-order valence-corrected chi connectivity index (χ3v) is 5.31. The molecule has 0 unspecified atom stereocenters. The zero-order valence-corrected chi connectivity index (χ0v) is 14.7. The first-order valence-corrected chi connectivity index (χ1v) is 8.89. The molecule has 4 rings (SSSR count). The van der Waals surface area contributed by atoms with Crippen LogP contribution in [0, 0.1) is 0 Å². The van der Waals surface area contributed by atoms with Crippen molar-refractivity contribution >= 4 is 23.2 Å². The molecule has 0 saturated carbocycles. The summed E-state index contributed by atoms with van der Waals surface area (Å²) >= 11 is 12.3. The molecule has 1 N–H and O–H groups in total. The molecule has 0 radical (unpaired) electrons. The smallest absolute Gasteiger partial charge is 0.0598 e. The van der Waals surface area contributed by atoms with Crippen LogP contribution in [0.5, 0.6) is 0 Å². The molecule has 1 aliphatic rings. The molecule has 4 heteroatoms. The standard InChI is InChI=1S/C20H18Cl2N2/c21-18-7-6-15(10-19(18)22)17-13-24(12-14-4-2-1-3-5-14)20-8-9-23-11-16(17)20/h1-7,10,13,23H,8-9,11-12H2. The summed E-state index contributed by atoms with van der Waals surface area (Å²) < 4.78 is 2.38. The van der Waals surface area contributed by atoms with Crippen molar-refractivity contribution < 1.29 is 0 Å². The van der Waals surface area contributed by atoms with Crippen LogP contribution in [0.25, 0.3) is 11.1 Å². The monoisotopic (exact) mass is 356 g/mol. The number of rotatable bonds is 3. The van der Waals surface area contributed by atoms with Gasteiger partial charge in [-0.2, -0.15) is 0 Å². The average molecular weight is 357 g/mol. The number of benzene rings is 2. The van der Waals surface area contributed by atoms with E-state index in [4.69, 9.17) is 23.2 Å². The summed E-state index contributed by atoms with van der Waals surface area (Å²) in [5.74, 6) is 0. The van der Waals surface area contributed by atoms with Gasteiger partial charge in [0.25, 0.3) is 0 Å². The highest BCUT2D eigenvalue weighted by molar-refractivity contribution is 6.42. The molecule has 1 aliphatic heterocycles. The lowest BCUT2D eigenvalue weighted by molar-refractivity contribution is 0.607. The minimum atomic E-state index is 0.594. The third kappa shape index (κ3) is 2.98. The van der Waals surface area contributed by atoms with Gasteiger partial charge in [0.1, 0.15) is 0 Å². The highest BCUT2D eigenvalue weighted by Crippen LogP contribution is 2.34. The average Bonchev–Trinajstić information content (AvgIpc) is 2.97. The Labute approximate surface area is 152 Å². The molecule has 0 atom stereocenters. The van der Waals surface area contributed by atoms with Crippen LogP contribution < -0.4 is 5.32 Å². The van der Waals surface area contributed by atoms with Gasteiger partial charge in [-0.15, -0.1) is 0 Å². The Morgan fingerprint density at radius 3 is 2.62 bits per heavy atom. The molecule has 3 aromatic rings. The van der Waals surface area contributed by atoms with Crippen LogP contribution in [0.1, 0.15) is 16.8 Å². The largest absolute Gasteiger partial charge is 0.346 e. The molecule has 2 nitrogen and oxygen atoms in total. The van der Waals surface area contributed by atoms with Crippen molar-refractivity contribution in [2.75, 3.05) is 6.54 Å². The van der Waals surface area contributed by atoms with Crippen molar-refractivity contribution in [3.8, 4) is 11.1 Å². The molecule has 0 fully saturated rings. The van der Waals surface area contributed by atoms with E-state index in [2.05, 4.69) is 46.4 Å². The maximum atomic E-state index is 6.23. The highest BCUT2D eigenvalue weighted by Gasteiger charge is 2.20. The molecule has 0 aliphatic carbocycles. The number of hydrogen-bond acceptors (Lipinski definition) is 1. The second kappa shape index (κ2) is 6.64. The van der Waals surface area contributed by atoms with E-state index in [1.54, 1.807) is 0 Å². The normalized spacial score (nSPS) is 13.8. The summed E-state index contributed by atoms with van der Waals surface area (Å²) in [4.78, 5) is 0. The Balaban J connectivity index is 1.78. The van der Waals surface area contributed by atoms with Crippen LogP contribution in [0.2, 0.25) is 10.0 Å². The van der Waals surface area contributed by atoms with Crippen LogP contribution in [0.4, 0.5) is 0 Å². The minimum Gasteiger partial charge on any atom is -0.346 e. The molecule has 122 valence electrons. The lowest BCUT2D eigenvalue weighted by Gasteiger charge is -2.17. The van der Waals surface area contributed by atoms with Gasteiger partial charge in [-0.1, -0.05) is 59.6 Å². The van der Waals surface area contributed by atoms with Crippen LogP contribution in [-0.4, -0.2) is 11.1 Å². The molecule has 0 spiro atoms. The molecule has 0 saturated heterocycles. The Bertz CT molecular complexity index is 869. The summed E-state index contributed by atoms with van der Waals surface area (Å²) in [6, 6.07) is 16.5. The first kappa shape index (κ1) is 15.8. The Morgan fingerprint density at radius 1 is 1.00 bits per heavy atom. The quantitative estimate of drug-likeness (QED) is 0.685. The Hall–Kier alpha value is -1.74. The van der Waals surface area contributed by atoms with Crippen LogP contribution >= 0.6 is 23.2 Å². The first-order valence-electron chi connectivity index (χ1n) is 8.13. The van der Waals surface area contributed by atoms with Crippen LogP contribution in [0.15, 0.2) is 54.7 Å². The molecule has 0 amide bonds. The molecule has 2 heterocycles. The van der Waals surface area contributed by atoms with Crippen molar-refractivity contribution in [2.45, 2.75) is 19.5 Å². The van der Waals surface area contributed by atoms with E-state index in [1.807, 2.05) is 18.2 Å². The van der Waals surface area contributed by atoms with Crippen LogP contribution in [-0.2, 0) is 19.5 Å². The van der Waals surface area contributed by atoms with Crippen molar-refractivity contribution in [3.05, 3.63) is 81.6 Å². The Morgan fingerprint density at radius 2 is 1.83 bits per heavy atom. The van der Waals surface area contributed by atoms with Gasteiger partial charge in [0.05, 0.1) is 10.0 Å². The summed E-state index contributed by atoms with van der Waals surface area (Å²) in [5, 5.41) is 4.68. The second-order valence-electron chi connectivity index (χ2n) is 6.14. The van der Waals surface area contributed by atoms with Crippen molar-refractivity contribution in [3.63, 3.8) is 0 Å². The lowest BCUT2D eigenvalue weighted by Crippen LogP contribution is -2.25. The molecule has 1 aromatic heterocycles. The van der Waals surface area contributed by atoms with E-state index in [0.717, 1.165) is 31.6 Å². The van der Waals surface area contributed by atoms with E-state index < -0.39 is 0 Å². The van der Waals surface area contributed by atoms with E-state index in [0.29, 0.717) is 10.0 Å². The van der Waals surface area contributed by atoms with E-state index in [9.17, 15) is 0 Å². The second-order valence-corrected chi connectivity index (χ2v) is 6.95. The molecular weight excluding hydrogens is 339 g/mol. The molecule has 24 heavy (non-hydrogen) atoms. The SMILES string of the molecule is Clc1ccc(-c2cn(Cc3ccccc3)c3c2CNCC3)cc1Cl. The van der Waals surface area contributed by atoms with E-state index in [-0.39, 0.29) is 0 Å². The minimum absolute atomic E-state index is 0.594. The maximum absolute atomic E-state index is 6.23. The zero-order chi connectivity index (χ0) is 16.5. The van der Waals surface area contributed by atoms with E-state index in [1.165, 1.54) is 22.4 Å². The van der Waals surface area contributed by atoms with Gasteiger partial charge in [0.2, 0.25) is 0 Å². The van der Waals surface area contributed by atoms with Gasteiger partial charge >= 0.3 is 0 Å². The predicted octanol–water partition coefficient (Wildman–Crippen LogP) is 5.16. The number of nitrogens with zero attached hydrogens (tertiary/aromatic N) is 1. The summed E-state index contributed by atoms with van der Waals surface area (Å²) in [7, 11) is 0. The van der Waals surface area contributed by atoms with Gasteiger partial charge in [-0.25, -0.2) is 0 Å². The van der Waals surface area contributed by atoms with Crippen molar-refractivity contribution in [1.29, 1.82) is 0 Å². The van der Waals surface area contributed by atoms with Gasteiger partial charge in [0.15, 0.2) is 0 Å². The van der Waals surface area contributed by atoms with Crippen LogP contribution in [0.3, 0.4) is 0 Å². The molecule has 0 bridgehead atoms. The molecular formula is C20H18Cl2N2. The highest BCUT2D eigenvalue weighted by atomic mass is 35.5. The fourth-order valence-corrected chi connectivity index (χ4v) is 3.68. The third-order valence-electron chi connectivity index (χ3n) is 4.57. The molecule has 2 aromatic carbocycles. The van der Waals surface area contributed by atoms with Gasteiger partial charge in [0, 0.05) is 43.5 Å². The Kier molecular flexibility index (Phi) is 4.36. The predicted molar refractivity (Wildman–Crippen MR) is 101 cm³/mol. The summed E-state index contributed by atoms with van der Waals surface area (Å²) in [6.07, 6.45) is 3.30. The van der Waals surface area contributed by atoms with Gasteiger partial charge in [-0.3, -0.25) is 0 Å². The summed E-state index contributed by atoms with van der Waals surface area (Å²) in [5.41, 5.74) is 6.46. The van der Waals surface area contributed by atoms with Crippen molar-refractivity contribution in [2.24, 2.45) is 0 Å². The number of fused-ring (bicyclic) bond motifs is 1. The lowest BCUT2D eigenvalue weighted by atomic mass is 10.00. The van der Waals surface area contributed by atoms with E-state index >= 15 is 0 Å². The summed E-state index contributed by atoms with van der Waals surface area (Å²) in [6.45, 7) is 2.81. The van der Waals surface area contributed by atoms with Crippen molar-refractivity contribution in [1.82, 2.24) is 9.88 Å². The number of aromatic nitrogens is 1. The zero-order valence-electron chi connectivity index (χ0n) is 13.2. The first-order chi connectivity index (χ1) is 11.7. The number of hydrogen-bond donors (Lipinski definition) is 1. The fraction of sp³-hybridized carbons (Fsp3) is 0.200. The van der Waals surface area contributed by atoms with Gasteiger partial charge < -0.3 is 9.88 Å². The maximum Gasteiger partial charge on any atom is 0.0598 e.